The highest BCUT2D eigenvalue weighted by molar-refractivity contribution is 5.69. The summed E-state index contributed by atoms with van der Waals surface area (Å²) in [6.45, 7) is 19.1. The van der Waals surface area contributed by atoms with Crippen LogP contribution in [0.1, 0.15) is 260 Å². The molecule has 0 spiro atoms. The van der Waals surface area contributed by atoms with E-state index in [1.54, 1.807) is 0 Å². The molecular weight excluding hydrogens is 707 g/mol. The first-order valence-electron chi connectivity index (χ1n) is 25.6. The minimum atomic E-state index is 0.00649. The van der Waals surface area contributed by atoms with Crippen LogP contribution in [0.3, 0.4) is 0 Å². The monoisotopic (exact) mass is 808 g/mol. The predicted octanol–water partition coefficient (Wildman–Crippen LogP) is 15.4. The first kappa shape index (κ1) is 55.9. The lowest BCUT2D eigenvalue weighted by Gasteiger charge is -2.20. The Labute approximate surface area is 356 Å². The molecule has 0 fully saturated rings. The molecular formula is C51H101NO5. The van der Waals surface area contributed by atoms with Crippen molar-refractivity contribution in [3.63, 3.8) is 0 Å². The molecule has 0 saturated heterocycles. The molecule has 0 aromatic carbocycles. The van der Waals surface area contributed by atoms with E-state index in [4.69, 9.17) is 14.2 Å². The molecule has 6 heteroatoms. The van der Waals surface area contributed by atoms with Crippen molar-refractivity contribution in [1.29, 1.82) is 0 Å². The average Bonchev–Trinajstić information content (AvgIpc) is 3.21. The van der Waals surface area contributed by atoms with E-state index < -0.39 is 0 Å². The minimum absolute atomic E-state index is 0.00649. The van der Waals surface area contributed by atoms with E-state index in [0.29, 0.717) is 32.2 Å². The second-order valence-corrected chi connectivity index (χ2v) is 17.6. The van der Waals surface area contributed by atoms with Gasteiger partial charge in [-0.05, 0) is 82.8 Å². The number of hydrogen-bond acceptors (Lipinski definition) is 6. The predicted molar refractivity (Wildman–Crippen MR) is 246 cm³/mol. The third-order valence-electron chi connectivity index (χ3n) is 12.4. The molecule has 57 heavy (non-hydrogen) atoms. The van der Waals surface area contributed by atoms with Crippen molar-refractivity contribution < 1.29 is 23.8 Å². The summed E-state index contributed by atoms with van der Waals surface area (Å²) >= 11 is 0. The van der Waals surface area contributed by atoms with Crippen molar-refractivity contribution in [2.45, 2.75) is 266 Å². The molecule has 0 aliphatic rings. The molecule has 0 amide bonds. The van der Waals surface area contributed by atoms with Gasteiger partial charge in [-0.25, -0.2) is 0 Å². The Bertz CT molecular complexity index is 760. The smallest absolute Gasteiger partial charge is 0.305 e. The largest absolute Gasteiger partial charge is 0.466 e. The van der Waals surface area contributed by atoms with E-state index in [2.05, 4.69) is 46.4 Å². The molecule has 0 saturated carbocycles. The summed E-state index contributed by atoms with van der Waals surface area (Å²) in [5.41, 5.74) is 0. The van der Waals surface area contributed by atoms with Crippen LogP contribution in [-0.4, -0.2) is 62.4 Å². The molecule has 0 aromatic rings. The summed E-state index contributed by atoms with van der Waals surface area (Å²) in [4.78, 5) is 27.1. The van der Waals surface area contributed by atoms with Gasteiger partial charge in [0, 0.05) is 19.4 Å². The van der Waals surface area contributed by atoms with Crippen LogP contribution in [0.4, 0.5) is 0 Å². The van der Waals surface area contributed by atoms with Crippen molar-refractivity contribution in [3.05, 3.63) is 0 Å². The fraction of sp³-hybridized carbons (Fsp3) is 0.961. The van der Waals surface area contributed by atoms with Crippen LogP contribution in [0.25, 0.3) is 0 Å². The van der Waals surface area contributed by atoms with Crippen LogP contribution in [0.2, 0.25) is 0 Å². The second kappa shape index (κ2) is 44.4. The molecule has 0 bridgehead atoms. The van der Waals surface area contributed by atoms with Crippen molar-refractivity contribution in [2.75, 3.05) is 39.5 Å². The van der Waals surface area contributed by atoms with Gasteiger partial charge in [-0.15, -0.1) is 0 Å². The summed E-state index contributed by atoms with van der Waals surface area (Å²) in [5.74, 6) is 1.45. The summed E-state index contributed by atoms with van der Waals surface area (Å²) in [7, 11) is 0. The molecule has 0 rings (SSSR count). The van der Waals surface area contributed by atoms with Crippen LogP contribution in [0, 0.1) is 11.8 Å². The number of unbranched alkanes of at least 4 members (excludes halogenated alkanes) is 17. The lowest BCUT2D eigenvalue weighted by molar-refractivity contribution is -0.145. The van der Waals surface area contributed by atoms with E-state index in [-0.39, 0.29) is 11.9 Å². The maximum Gasteiger partial charge on any atom is 0.305 e. The van der Waals surface area contributed by atoms with E-state index >= 15 is 0 Å². The Morgan fingerprint density at radius 2 is 0.754 bits per heavy atom. The molecule has 0 heterocycles. The molecule has 0 unspecified atom stereocenters. The number of carbonyl (C=O) groups excluding carboxylic acids is 2. The maximum absolute atomic E-state index is 12.3. The van der Waals surface area contributed by atoms with E-state index in [9.17, 15) is 9.59 Å². The Hall–Kier alpha value is -1.14. The van der Waals surface area contributed by atoms with Crippen molar-refractivity contribution in [2.24, 2.45) is 11.8 Å². The Balaban J connectivity index is 4.17. The number of carbonyl (C=O) groups is 2. The van der Waals surface area contributed by atoms with Crippen molar-refractivity contribution in [1.82, 2.24) is 4.90 Å². The van der Waals surface area contributed by atoms with E-state index in [0.717, 1.165) is 76.5 Å². The third kappa shape index (κ3) is 38.8. The maximum atomic E-state index is 12.3. The summed E-state index contributed by atoms with van der Waals surface area (Å²) in [6.07, 6.45) is 40.5. The fourth-order valence-corrected chi connectivity index (χ4v) is 8.25. The van der Waals surface area contributed by atoms with Crippen LogP contribution >= 0.6 is 0 Å². The Kier molecular flexibility index (Phi) is 43.5. The molecule has 0 aliphatic carbocycles. The van der Waals surface area contributed by atoms with Gasteiger partial charge in [-0.3, -0.25) is 9.59 Å². The number of nitrogens with zero attached hydrogens (tertiary/aromatic N) is 1. The van der Waals surface area contributed by atoms with Gasteiger partial charge in [-0.2, -0.15) is 0 Å². The summed E-state index contributed by atoms with van der Waals surface area (Å²) in [6, 6.07) is 0. The highest BCUT2D eigenvalue weighted by Crippen LogP contribution is 2.22. The minimum Gasteiger partial charge on any atom is -0.466 e. The first-order valence-corrected chi connectivity index (χ1v) is 25.6. The highest BCUT2D eigenvalue weighted by Gasteiger charge is 2.13. The van der Waals surface area contributed by atoms with Gasteiger partial charge in [0.2, 0.25) is 0 Å². The number of rotatable bonds is 46. The number of esters is 2. The molecule has 0 atom stereocenters. The second-order valence-electron chi connectivity index (χ2n) is 17.6. The van der Waals surface area contributed by atoms with Gasteiger partial charge < -0.3 is 19.1 Å². The third-order valence-corrected chi connectivity index (χ3v) is 12.4. The van der Waals surface area contributed by atoms with Crippen LogP contribution in [0.15, 0.2) is 0 Å². The quantitative estimate of drug-likeness (QED) is 0.0451. The van der Waals surface area contributed by atoms with Crippen LogP contribution in [0.5, 0.6) is 0 Å². The Morgan fingerprint density at radius 3 is 1.12 bits per heavy atom. The zero-order valence-electron chi connectivity index (χ0n) is 39.5. The fourth-order valence-electron chi connectivity index (χ4n) is 8.25. The number of hydrogen-bond donors (Lipinski definition) is 0. The molecule has 0 aromatic heterocycles. The van der Waals surface area contributed by atoms with Gasteiger partial charge in [0.1, 0.15) is 0 Å². The van der Waals surface area contributed by atoms with Gasteiger partial charge >= 0.3 is 11.9 Å². The molecule has 0 radical (unpaired) electrons. The molecule has 340 valence electrons. The van der Waals surface area contributed by atoms with Crippen LogP contribution < -0.4 is 0 Å². The van der Waals surface area contributed by atoms with Gasteiger partial charge in [0.15, 0.2) is 0 Å². The zero-order chi connectivity index (χ0) is 41.9. The standard InChI is InChI=1S/C51H101NO5/c1-7-13-33-47(34-14-8-2)41-45-56-50(53)39-29-25-21-17-19-23-27-37-49(55-44-32-31-43-52(11-5)12-6)38-28-24-20-18-22-26-30-40-51(54)57-46-42-48(35-15-9-3)36-16-10-4/h47-49H,7-46H2,1-6H3. The van der Waals surface area contributed by atoms with E-state index in [1.165, 1.54) is 167 Å². The van der Waals surface area contributed by atoms with Crippen LogP contribution in [-0.2, 0) is 23.8 Å². The van der Waals surface area contributed by atoms with Crippen molar-refractivity contribution in [3.8, 4) is 0 Å². The van der Waals surface area contributed by atoms with Gasteiger partial charge in [0.05, 0.1) is 19.3 Å². The lowest BCUT2D eigenvalue weighted by atomic mass is 9.93. The molecule has 0 aliphatic heterocycles. The molecule has 6 nitrogen and oxygen atoms in total. The first-order chi connectivity index (χ1) is 27.9. The topological polar surface area (TPSA) is 65.1 Å². The van der Waals surface area contributed by atoms with Gasteiger partial charge in [0.25, 0.3) is 0 Å². The normalized spacial score (nSPS) is 11.8. The number of ether oxygens (including phenoxy) is 3. The van der Waals surface area contributed by atoms with Gasteiger partial charge in [-0.1, -0.05) is 196 Å². The van der Waals surface area contributed by atoms with Crippen molar-refractivity contribution >= 4 is 11.9 Å². The summed E-state index contributed by atoms with van der Waals surface area (Å²) < 4.78 is 17.7. The highest BCUT2D eigenvalue weighted by atomic mass is 16.5. The average molecular weight is 808 g/mol. The summed E-state index contributed by atoms with van der Waals surface area (Å²) in [5, 5.41) is 0. The van der Waals surface area contributed by atoms with E-state index in [1.807, 2.05) is 0 Å². The zero-order valence-corrected chi connectivity index (χ0v) is 39.5. The molecule has 0 N–H and O–H groups in total. The lowest BCUT2D eigenvalue weighted by Crippen LogP contribution is -2.24. The Morgan fingerprint density at radius 1 is 0.386 bits per heavy atom. The SMILES string of the molecule is CCCCC(CCCC)CCOC(=O)CCCCCCCCCC(CCCCCCCCCC(=O)OCCC(CCCC)CCCC)OCCCCN(CC)CC.